The molecule has 0 radical (unpaired) electrons. The molecule has 0 saturated heterocycles. The first kappa shape index (κ1) is 11.1. The Bertz CT molecular complexity index is 523. The van der Waals surface area contributed by atoms with E-state index in [2.05, 4.69) is 10.2 Å². The van der Waals surface area contributed by atoms with E-state index in [0.717, 1.165) is 42.0 Å². The maximum absolute atomic E-state index is 5.66. The summed E-state index contributed by atoms with van der Waals surface area (Å²) in [4.78, 5) is 0. The zero-order valence-electron chi connectivity index (χ0n) is 10.1. The lowest BCUT2D eigenvalue weighted by molar-refractivity contribution is 0.297. The van der Waals surface area contributed by atoms with Crippen molar-refractivity contribution in [2.24, 2.45) is 15.9 Å². The zero-order valence-corrected chi connectivity index (χ0v) is 10.1. The Balaban J connectivity index is 1.92. The van der Waals surface area contributed by atoms with Gasteiger partial charge in [-0.1, -0.05) is 0 Å². The molecule has 2 aliphatic heterocycles. The van der Waals surface area contributed by atoms with Gasteiger partial charge in [-0.05, 0) is 24.6 Å². The number of amidine groups is 1. The quantitative estimate of drug-likeness (QED) is 0.818. The van der Waals surface area contributed by atoms with Crippen molar-refractivity contribution in [2.75, 3.05) is 13.2 Å². The van der Waals surface area contributed by atoms with Gasteiger partial charge in [-0.3, -0.25) is 0 Å². The molecule has 18 heavy (non-hydrogen) atoms. The molecule has 0 bridgehead atoms. The summed E-state index contributed by atoms with van der Waals surface area (Å²) in [6, 6.07) is 5.89. The molecule has 2 aliphatic rings. The number of fused-ring (bicyclic) bond motifs is 1. The highest BCUT2D eigenvalue weighted by Gasteiger charge is 2.15. The summed E-state index contributed by atoms with van der Waals surface area (Å²) in [5.74, 6) is 2.18. The van der Waals surface area contributed by atoms with Gasteiger partial charge in [0.1, 0.15) is 5.84 Å². The van der Waals surface area contributed by atoms with Gasteiger partial charge in [0.25, 0.3) is 0 Å². The number of nitrogens with two attached hydrogens (primary N) is 1. The summed E-state index contributed by atoms with van der Waals surface area (Å²) < 4.78 is 11.3. The second kappa shape index (κ2) is 4.68. The summed E-state index contributed by atoms with van der Waals surface area (Å²) in [6.45, 7) is 1.39. The Labute approximate surface area is 105 Å². The van der Waals surface area contributed by atoms with Gasteiger partial charge < -0.3 is 15.2 Å². The van der Waals surface area contributed by atoms with Crippen molar-refractivity contribution in [1.82, 2.24) is 0 Å². The SMILES string of the molecule is NC1=NN=C(c2ccc3c(c2)OCCCO3)CC1. The average molecular weight is 245 g/mol. The third-order valence-electron chi connectivity index (χ3n) is 3.00. The van der Waals surface area contributed by atoms with Crippen LogP contribution in [0.3, 0.4) is 0 Å². The molecule has 0 saturated carbocycles. The Hall–Kier alpha value is -2.04. The van der Waals surface area contributed by atoms with Gasteiger partial charge in [0.15, 0.2) is 11.5 Å². The summed E-state index contributed by atoms with van der Waals surface area (Å²) in [5.41, 5.74) is 7.57. The van der Waals surface area contributed by atoms with E-state index in [1.807, 2.05) is 18.2 Å². The molecule has 3 rings (SSSR count). The molecule has 2 N–H and O–H groups in total. The molecular weight excluding hydrogens is 230 g/mol. The Morgan fingerprint density at radius 3 is 2.61 bits per heavy atom. The molecule has 0 aromatic heterocycles. The second-order valence-electron chi connectivity index (χ2n) is 4.35. The minimum absolute atomic E-state index is 0.591. The van der Waals surface area contributed by atoms with Gasteiger partial charge in [0.05, 0.1) is 18.9 Å². The molecular formula is C13H15N3O2. The predicted octanol–water partition coefficient (Wildman–Crippen LogP) is 1.70. The summed E-state index contributed by atoms with van der Waals surface area (Å²) in [6.07, 6.45) is 2.48. The Morgan fingerprint density at radius 2 is 1.83 bits per heavy atom. The van der Waals surface area contributed by atoms with E-state index in [4.69, 9.17) is 15.2 Å². The standard InChI is InChI=1S/C13H15N3O2/c14-13-5-3-10(15-16-13)9-2-4-11-12(8-9)18-7-1-6-17-11/h2,4,8H,1,3,5-7H2,(H2,14,16). The highest BCUT2D eigenvalue weighted by Crippen LogP contribution is 2.31. The third kappa shape index (κ3) is 2.16. The van der Waals surface area contributed by atoms with Crippen LogP contribution in [-0.4, -0.2) is 24.8 Å². The van der Waals surface area contributed by atoms with Crippen LogP contribution in [0.5, 0.6) is 11.5 Å². The molecule has 0 aliphatic carbocycles. The van der Waals surface area contributed by atoms with E-state index in [9.17, 15) is 0 Å². The van der Waals surface area contributed by atoms with Crippen molar-refractivity contribution < 1.29 is 9.47 Å². The van der Waals surface area contributed by atoms with Crippen molar-refractivity contribution in [3.63, 3.8) is 0 Å². The van der Waals surface area contributed by atoms with Crippen LogP contribution < -0.4 is 15.2 Å². The lowest BCUT2D eigenvalue weighted by Gasteiger charge is -2.12. The molecule has 0 amide bonds. The molecule has 0 spiro atoms. The number of benzene rings is 1. The molecule has 0 atom stereocenters. The average Bonchev–Trinajstić information content (AvgIpc) is 2.64. The minimum atomic E-state index is 0.591. The number of nitrogens with zero attached hydrogens (tertiary/aromatic N) is 2. The maximum Gasteiger partial charge on any atom is 0.161 e. The lowest BCUT2D eigenvalue weighted by atomic mass is 10.0. The van der Waals surface area contributed by atoms with Crippen LogP contribution in [0.15, 0.2) is 28.4 Å². The van der Waals surface area contributed by atoms with Gasteiger partial charge >= 0.3 is 0 Å². The third-order valence-corrected chi connectivity index (χ3v) is 3.00. The van der Waals surface area contributed by atoms with Crippen LogP contribution in [0, 0.1) is 0 Å². The van der Waals surface area contributed by atoms with E-state index < -0.39 is 0 Å². The fourth-order valence-electron chi connectivity index (χ4n) is 2.02. The molecule has 0 fully saturated rings. The molecule has 1 aromatic carbocycles. The molecule has 94 valence electrons. The minimum Gasteiger partial charge on any atom is -0.490 e. The van der Waals surface area contributed by atoms with Crippen molar-refractivity contribution in [2.45, 2.75) is 19.3 Å². The van der Waals surface area contributed by atoms with Crippen LogP contribution in [0.2, 0.25) is 0 Å². The van der Waals surface area contributed by atoms with Crippen molar-refractivity contribution in [3.8, 4) is 11.5 Å². The van der Waals surface area contributed by atoms with E-state index in [0.29, 0.717) is 19.0 Å². The maximum atomic E-state index is 5.66. The number of ether oxygens (including phenoxy) is 2. The fraction of sp³-hybridized carbons (Fsp3) is 0.385. The van der Waals surface area contributed by atoms with E-state index >= 15 is 0 Å². The van der Waals surface area contributed by atoms with Gasteiger partial charge in [-0.15, -0.1) is 5.10 Å². The Kier molecular flexibility index (Phi) is 2.88. The topological polar surface area (TPSA) is 69.2 Å². The first-order chi connectivity index (χ1) is 8.83. The van der Waals surface area contributed by atoms with Crippen LogP contribution >= 0.6 is 0 Å². The van der Waals surface area contributed by atoms with E-state index in [1.54, 1.807) is 0 Å². The highest BCUT2D eigenvalue weighted by molar-refractivity contribution is 6.04. The molecule has 1 aromatic rings. The van der Waals surface area contributed by atoms with Gasteiger partial charge in [0.2, 0.25) is 0 Å². The predicted molar refractivity (Wildman–Crippen MR) is 69.4 cm³/mol. The summed E-state index contributed by atoms with van der Waals surface area (Å²) in [5, 5.41) is 8.06. The molecule has 5 nitrogen and oxygen atoms in total. The van der Waals surface area contributed by atoms with Crippen LogP contribution in [0.25, 0.3) is 0 Å². The van der Waals surface area contributed by atoms with Gasteiger partial charge in [-0.25, -0.2) is 0 Å². The molecule has 2 heterocycles. The fourth-order valence-corrected chi connectivity index (χ4v) is 2.02. The zero-order chi connectivity index (χ0) is 12.4. The van der Waals surface area contributed by atoms with Crippen LogP contribution in [0.1, 0.15) is 24.8 Å². The largest absolute Gasteiger partial charge is 0.490 e. The monoisotopic (exact) mass is 245 g/mol. The lowest BCUT2D eigenvalue weighted by Crippen LogP contribution is -2.17. The van der Waals surface area contributed by atoms with Crippen LogP contribution in [0.4, 0.5) is 0 Å². The Morgan fingerprint density at radius 1 is 1.00 bits per heavy atom. The van der Waals surface area contributed by atoms with Crippen molar-refractivity contribution >= 4 is 11.5 Å². The van der Waals surface area contributed by atoms with Crippen LogP contribution in [-0.2, 0) is 0 Å². The normalized spacial score (nSPS) is 18.7. The van der Waals surface area contributed by atoms with Gasteiger partial charge in [0, 0.05) is 18.4 Å². The smallest absolute Gasteiger partial charge is 0.161 e. The molecule has 5 heteroatoms. The summed E-state index contributed by atoms with van der Waals surface area (Å²) in [7, 11) is 0. The number of hydrogen-bond acceptors (Lipinski definition) is 5. The first-order valence-electron chi connectivity index (χ1n) is 6.12. The van der Waals surface area contributed by atoms with Crippen molar-refractivity contribution in [1.29, 1.82) is 0 Å². The number of hydrogen-bond donors (Lipinski definition) is 1. The second-order valence-corrected chi connectivity index (χ2v) is 4.35. The first-order valence-corrected chi connectivity index (χ1v) is 6.12. The van der Waals surface area contributed by atoms with Gasteiger partial charge in [-0.2, -0.15) is 5.10 Å². The van der Waals surface area contributed by atoms with E-state index in [1.165, 1.54) is 0 Å². The highest BCUT2D eigenvalue weighted by atomic mass is 16.5. The summed E-state index contributed by atoms with van der Waals surface area (Å²) >= 11 is 0. The van der Waals surface area contributed by atoms with Crippen molar-refractivity contribution in [3.05, 3.63) is 23.8 Å². The molecule has 0 unspecified atom stereocenters. The number of rotatable bonds is 1. The van der Waals surface area contributed by atoms with E-state index in [-0.39, 0.29) is 0 Å².